The molecule has 8 heteroatoms. The molecule has 6 nitrogen and oxygen atoms in total. The lowest BCUT2D eigenvalue weighted by Gasteiger charge is -2.50. The van der Waals surface area contributed by atoms with Crippen molar-refractivity contribution in [3.05, 3.63) is 21.9 Å². The summed E-state index contributed by atoms with van der Waals surface area (Å²) in [6.45, 7) is 4.30. The Morgan fingerprint density at radius 2 is 2.22 bits per heavy atom. The molecular weight excluding hydrogens is 336 g/mol. The highest BCUT2D eigenvalue weighted by molar-refractivity contribution is 7.88. The first kappa shape index (κ1) is 16.9. The largest absolute Gasteiger partial charge is 0.371 e. The average Bonchev–Trinajstić information content (AvgIpc) is 3.01. The fraction of sp³-hybridized carbons (Fsp3) is 0.667. The molecule has 0 bridgehead atoms. The number of sulfonamides is 1. The number of rotatable bonds is 5. The molecule has 23 heavy (non-hydrogen) atoms. The van der Waals surface area contributed by atoms with Crippen LogP contribution in [-0.4, -0.2) is 57.3 Å². The number of aryl methyl sites for hydroxylation is 1. The van der Waals surface area contributed by atoms with Crippen molar-refractivity contribution in [3.63, 3.8) is 0 Å². The van der Waals surface area contributed by atoms with Gasteiger partial charge < -0.3 is 9.64 Å². The van der Waals surface area contributed by atoms with Gasteiger partial charge >= 0.3 is 0 Å². The minimum absolute atomic E-state index is 0.0669. The van der Waals surface area contributed by atoms with Gasteiger partial charge in [-0.3, -0.25) is 4.79 Å². The second kappa shape index (κ2) is 6.16. The molecule has 0 aliphatic carbocycles. The van der Waals surface area contributed by atoms with Crippen molar-refractivity contribution in [1.82, 2.24) is 9.62 Å². The molecule has 0 saturated carbocycles. The lowest BCUT2D eigenvalue weighted by Crippen LogP contribution is -2.66. The van der Waals surface area contributed by atoms with E-state index in [2.05, 4.69) is 4.72 Å². The van der Waals surface area contributed by atoms with E-state index in [4.69, 9.17) is 4.74 Å². The first-order valence-corrected chi connectivity index (χ1v) is 10.4. The first-order chi connectivity index (χ1) is 10.8. The fourth-order valence-electron chi connectivity index (χ4n) is 3.41. The van der Waals surface area contributed by atoms with Crippen LogP contribution in [0.4, 0.5) is 0 Å². The summed E-state index contributed by atoms with van der Waals surface area (Å²) in [6.07, 6.45) is 2.83. The molecule has 0 aromatic carbocycles. The van der Waals surface area contributed by atoms with Gasteiger partial charge in [0, 0.05) is 18.0 Å². The van der Waals surface area contributed by atoms with Gasteiger partial charge in [-0.1, -0.05) is 0 Å². The maximum absolute atomic E-state index is 12.4. The molecule has 1 N–H and O–H groups in total. The summed E-state index contributed by atoms with van der Waals surface area (Å²) in [7, 11) is -3.15. The van der Waals surface area contributed by atoms with Gasteiger partial charge in [-0.05, 0) is 37.8 Å². The molecule has 2 aliphatic rings. The number of carbonyl (C=O) groups is 1. The molecule has 1 aromatic heterocycles. The third-order valence-electron chi connectivity index (χ3n) is 4.61. The summed E-state index contributed by atoms with van der Waals surface area (Å²) < 4.78 is 30.8. The van der Waals surface area contributed by atoms with Gasteiger partial charge in [0.15, 0.2) is 0 Å². The van der Waals surface area contributed by atoms with Gasteiger partial charge in [0.1, 0.15) is 5.60 Å². The van der Waals surface area contributed by atoms with Gasteiger partial charge in [-0.2, -0.15) is 0 Å². The van der Waals surface area contributed by atoms with Crippen LogP contribution in [-0.2, 0) is 14.8 Å². The van der Waals surface area contributed by atoms with Crippen molar-refractivity contribution >= 4 is 27.3 Å². The minimum Gasteiger partial charge on any atom is -0.371 e. The summed E-state index contributed by atoms with van der Waals surface area (Å²) in [5.41, 5.74) is -0.277. The molecule has 0 radical (unpaired) electrons. The van der Waals surface area contributed by atoms with E-state index < -0.39 is 10.0 Å². The second-order valence-corrected chi connectivity index (χ2v) is 9.55. The van der Waals surface area contributed by atoms with E-state index in [0.29, 0.717) is 32.2 Å². The summed E-state index contributed by atoms with van der Waals surface area (Å²) in [5, 5.41) is 0. The lowest BCUT2D eigenvalue weighted by atomic mass is 9.79. The summed E-state index contributed by atoms with van der Waals surface area (Å²) >= 11 is 1.51. The molecule has 1 unspecified atom stereocenters. The normalized spacial score (nSPS) is 23.2. The maximum Gasteiger partial charge on any atom is 0.264 e. The number of thiophene rings is 1. The zero-order valence-electron chi connectivity index (χ0n) is 13.4. The smallest absolute Gasteiger partial charge is 0.264 e. The summed E-state index contributed by atoms with van der Waals surface area (Å²) in [6, 6.07) is 3.83. The van der Waals surface area contributed by atoms with Crippen LogP contribution < -0.4 is 4.72 Å². The zero-order valence-corrected chi connectivity index (χ0v) is 15.0. The maximum atomic E-state index is 12.4. The third kappa shape index (κ3) is 3.60. The Kier molecular flexibility index (Phi) is 4.52. The Morgan fingerprint density at radius 1 is 1.48 bits per heavy atom. The molecular formula is C15H22N2O4S2. The van der Waals surface area contributed by atoms with Crippen LogP contribution in [0, 0.1) is 12.8 Å². The van der Waals surface area contributed by atoms with Crippen molar-refractivity contribution in [1.29, 1.82) is 0 Å². The second-order valence-electron chi connectivity index (χ2n) is 6.43. The predicted octanol–water partition coefficient (Wildman–Crippen LogP) is 1.23. The van der Waals surface area contributed by atoms with E-state index in [1.807, 2.05) is 24.0 Å². The molecule has 2 fully saturated rings. The van der Waals surface area contributed by atoms with Crippen LogP contribution in [0.15, 0.2) is 12.1 Å². The molecule has 1 spiro atoms. The van der Waals surface area contributed by atoms with Crippen LogP contribution in [0.2, 0.25) is 0 Å². The number of nitrogens with zero attached hydrogens (tertiary/aromatic N) is 1. The number of nitrogens with one attached hydrogen (secondary N) is 1. The molecule has 128 valence electrons. The van der Waals surface area contributed by atoms with Gasteiger partial charge in [0.05, 0.1) is 24.2 Å². The Balaban J connectivity index is 1.56. The average molecular weight is 358 g/mol. The van der Waals surface area contributed by atoms with Gasteiger partial charge in [-0.15, -0.1) is 11.3 Å². The molecule has 3 heterocycles. The van der Waals surface area contributed by atoms with E-state index in [0.717, 1.165) is 22.6 Å². The van der Waals surface area contributed by atoms with Gasteiger partial charge in [-0.25, -0.2) is 13.1 Å². The van der Waals surface area contributed by atoms with Crippen LogP contribution >= 0.6 is 11.3 Å². The summed E-state index contributed by atoms with van der Waals surface area (Å²) in [5.74, 6) is 0.364. The Labute approximate surface area is 140 Å². The third-order valence-corrected chi connectivity index (χ3v) is 6.33. The van der Waals surface area contributed by atoms with E-state index in [9.17, 15) is 13.2 Å². The predicted molar refractivity (Wildman–Crippen MR) is 89.2 cm³/mol. The van der Waals surface area contributed by atoms with Gasteiger partial charge in [0.25, 0.3) is 5.91 Å². The number of amides is 1. The number of hydrogen-bond acceptors (Lipinski definition) is 5. The highest BCUT2D eigenvalue weighted by atomic mass is 32.2. The van der Waals surface area contributed by atoms with Crippen LogP contribution in [0.5, 0.6) is 0 Å². The van der Waals surface area contributed by atoms with Crippen LogP contribution in [0.1, 0.15) is 27.4 Å². The Bertz CT molecular complexity index is 692. The van der Waals surface area contributed by atoms with E-state index in [1.54, 1.807) is 0 Å². The first-order valence-electron chi connectivity index (χ1n) is 7.73. The quantitative estimate of drug-likeness (QED) is 0.859. The Morgan fingerprint density at radius 3 is 2.83 bits per heavy atom. The zero-order chi connectivity index (χ0) is 16.7. The highest BCUT2D eigenvalue weighted by Crippen LogP contribution is 2.42. The minimum atomic E-state index is -3.15. The Hall–Kier alpha value is -0.960. The fourth-order valence-corrected chi connectivity index (χ4v) is 4.73. The van der Waals surface area contributed by atoms with E-state index >= 15 is 0 Å². The molecule has 3 rings (SSSR count). The molecule has 1 atom stereocenters. The highest BCUT2D eigenvalue weighted by Gasteiger charge is 2.54. The standard InChI is InChI=1S/C15H22N2O4S2/c1-11-3-4-13(22-11)14(18)17-9-15(10-17)12(6-8-21-15)5-7-16-23(2,19)20/h3-4,12,16H,5-10H2,1-2H3. The van der Waals surface area contributed by atoms with Crippen molar-refractivity contribution in [3.8, 4) is 0 Å². The number of carbonyl (C=O) groups excluding carboxylic acids is 1. The van der Waals surface area contributed by atoms with E-state index in [1.165, 1.54) is 17.6 Å². The molecule has 1 amide bonds. The molecule has 1 aromatic rings. The van der Waals surface area contributed by atoms with Crippen molar-refractivity contribution in [2.75, 3.05) is 32.5 Å². The number of likely N-dealkylation sites (tertiary alicyclic amines) is 1. The molecule has 2 saturated heterocycles. The van der Waals surface area contributed by atoms with Crippen molar-refractivity contribution < 1.29 is 17.9 Å². The van der Waals surface area contributed by atoms with E-state index in [-0.39, 0.29) is 11.5 Å². The summed E-state index contributed by atoms with van der Waals surface area (Å²) in [4.78, 5) is 16.1. The van der Waals surface area contributed by atoms with Crippen molar-refractivity contribution in [2.24, 2.45) is 5.92 Å². The van der Waals surface area contributed by atoms with Crippen LogP contribution in [0.3, 0.4) is 0 Å². The number of ether oxygens (including phenoxy) is 1. The van der Waals surface area contributed by atoms with Crippen LogP contribution in [0.25, 0.3) is 0 Å². The molecule has 2 aliphatic heterocycles. The lowest BCUT2D eigenvalue weighted by molar-refractivity contribution is -0.117. The SMILES string of the molecule is Cc1ccc(C(=O)N2CC3(C2)OCCC3CCNS(C)(=O)=O)s1. The number of hydrogen-bond donors (Lipinski definition) is 1. The monoisotopic (exact) mass is 358 g/mol. The van der Waals surface area contributed by atoms with Crippen molar-refractivity contribution in [2.45, 2.75) is 25.4 Å². The van der Waals surface area contributed by atoms with Gasteiger partial charge in [0.2, 0.25) is 10.0 Å². The topological polar surface area (TPSA) is 75.7 Å².